The largest absolute Gasteiger partial charge is 0.396 e. The molecular weight excluding hydrogens is 296 g/mol. The Morgan fingerprint density at radius 1 is 1.41 bits per heavy atom. The lowest BCUT2D eigenvalue weighted by atomic mass is 9.86. The Balaban J connectivity index is 2.00. The van der Waals surface area contributed by atoms with E-state index in [9.17, 15) is 9.90 Å². The summed E-state index contributed by atoms with van der Waals surface area (Å²) in [6.45, 7) is 0.253. The van der Waals surface area contributed by atoms with Crippen molar-refractivity contribution in [1.82, 2.24) is 4.90 Å². The molecule has 1 aromatic rings. The minimum atomic E-state index is 0.0341. The Kier molecular flexibility index (Phi) is 6.29. The molecule has 0 aromatic heterocycles. The molecule has 1 amide bonds. The van der Waals surface area contributed by atoms with Crippen molar-refractivity contribution < 1.29 is 9.90 Å². The molecule has 0 heterocycles. The van der Waals surface area contributed by atoms with Crippen LogP contribution in [0.1, 0.15) is 36.0 Å². The lowest BCUT2D eigenvalue weighted by molar-refractivity contribution is 0.0652. The second-order valence-electron chi connectivity index (χ2n) is 5.75. The lowest BCUT2D eigenvalue weighted by Crippen LogP contribution is -2.39. The zero-order valence-electron chi connectivity index (χ0n) is 12.9. The van der Waals surface area contributed by atoms with E-state index in [0.717, 1.165) is 30.6 Å². The third kappa shape index (κ3) is 4.25. The number of nitrogens with zero attached hydrogens (tertiary/aromatic N) is 2. The third-order valence-corrected chi connectivity index (χ3v) is 5.19. The summed E-state index contributed by atoms with van der Waals surface area (Å²) in [5.41, 5.74) is 0.676. The Hall–Kier alpha value is -1.51. The van der Waals surface area contributed by atoms with E-state index in [0.29, 0.717) is 17.2 Å². The van der Waals surface area contributed by atoms with Crippen LogP contribution in [-0.2, 0) is 0 Å². The van der Waals surface area contributed by atoms with Crippen LogP contribution in [0.5, 0.6) is 0 Å². The number of thioether (sulfide) groups is 1. The summed E-state index contributed by atoms with van der Waals surface area (Å²) in [6, 6.07) is 9.83. The second kappa shape index (κ2) is 8.21. The van der Waals surface area contributed by atoms with Gasteiger partial charge in [-0.3, -0.25) is 4.79 Å². The number of rotatable bonds is 5. The number of carbonyl (C=O) groups excluding carboxylic acids is 1. The molecule has 0 bridgehead atoms. The highest BCUT2D eigenvalue weighted by Gasteiger charge is 2.26. The average molecular weight is 318 g/mol. The van der Waals surface area contributed by atoms with Crippen LogP contribution in [0.25, 0.3) is 0 Å². The predicted molar refractivity (Wildman–Crippen MR) is 87.7 cm³/mol. The van der Waals surface area contributed by atoms with Crippen LogP contribution in [-0.4, -0.2) is 41.4 Å². The number of hydrogen-bond acceptors (Lipinski definition) is 4. The van der Waals surface area contributed by atoms with Crippen LogP contribution >= 0.6 is 11.8 Å². The average Bonchev–Trinajstić information content (AvgIpc) is 2.59. The van der Waals surface area contributed by atoms with Gasteiger partial charge in [-0.1, -0.05) is 6.07 Å². The Labute approximate surface area is 136 Å². The van der Waals surface area contributed by atoms with Gasteiger partial charge in [-0.05, 0) is 49.8 Å². The van der Waals surface area contributed by atoms with E-state index in [1.54, 1.807) is 0 Å². The molecule has 1 fully saturated rings. The van der Waals surface area contributed by atoms with E-state index in [2.05, 4.69) is 6.07 Å². The van der Waals surface area contributed by atoms with Gasteiger partial charge >= 0.3 is 0 Å². The van der Waals surface area contributed by atoms with Crippen molar-refractivity contribution in [1.29, 1.82) is 5.26 Å². The van der Waals surface area contributed by atoms with Crippen molar-refractivity contribution in [2.75, 3.05) is 19.4 Å². The van der Waals surface area contributed by atoms with Gasteiger partial charge in [0.15, 0.2) is 0 Å². The highest BCUT2D eigenvalue weighted by molar-refractivity contribution is 7.99. The van der Waals surface area contributed by atoms with Crippen molar-refractivity contribution in [2.24, 2.45) is 5.92 Å². The fourth-order valence-corrected chi connectivity index (χ4v) is 3.54. The van der Waals surface area contributed by atoms with Gasteiger partial charge in [0.2, 0.25) is 0 Å². The minimum absolute atomic E-state index is 0.0341. The van der Waals surface area contributed by atoms with Crippen molar-refractivity contribution in [2.45, 2.75) is 36.6 Å². The van der Waals surface area contributed by atoms with Crippen molar-refractivity contribution >= 4 is 17.7 Å². The van der Waals surface area contributed by atoms with Gasteiger partial charge in [0.25, 0.3) is 5.91 Å². The monoisotopic (exact) mass is 318 g/mol. The molecule has 1 N–H and O–H groups in total. The highest BCUT2D eigenvalue weighted by Crippen LogP contribution is 2.28. The first-order valence-corrected chi connectivity index (χ1v) is 8.62. The molecule has 1 aliphatic carbocycles. The zero-order valence-corrected chi connectivity index (χ0v) is 13.7. The summed E-state index contributed by atoms with van der Waals surface area (Å²) < 4.78 is 0. The van der Waals surface area contributed by atoms with Gasteiger partial charge in [0, 0.05) is 30.2 Å². The van der Waals surface area contributed by atoms with Gasteiger partial charge in [-0.25, -0.2) is 0 Å². The number of aliphatic hydroxyl groups is 1. The maximum atomic E-state index is 12.6. The molecule has 0 aliphatic heterocycles. The summed E-state index contributed by atoms with van der Waals surface area (Å²) in [7, 11) is 1.86. The maximum absolute atomic E-state index is 12.6. The fraction of sp³-hybridized carbons (Fsp3) is 0.529. The molecule has 0 atom stereocenters. The predicted octanol–water partition coefficient (Wildman–Crippen LogP) is 2.93. The number of aliphatic hydroxyl groups excluding tert-OH is 1. The highest BCUT2D eigenvalue weighted by atomic mass is 32.2. The molecule has 0 unspecified atom stereocenters. The fourth-order valence-electron chi connectivity index (χ4n) is 2.92. The number of nitriles is 1. The molecule has 4 nitrogen and oxygen atoms in total. The molecule has 1 aromatic carbocycles. The van der Waals surface area contributed by atoms with Gasteiger partial charge in [0.05, 0.1) is 11.8 Å². The van der Waals surface area contributed by atoms with Gasteiger partial charge in [-0.15, -0.1) is 11.8 Å². The Bertz CT molecular complexity index is 548. The zero-order chi connectivity index (χ0) is 15.9. The van der Waals surface area contributed by atoms with Crippen molar-refractivity contribution in [3.8, 4) is 6.07 Å². The molecule has 0 spiro atoms. The molecule has 0 saturated heterocycles. The van der Waals surface area contributed by atoms with Crippen LogP contribution in [0.4, 0.5) is 0 Å². The van der Waals surface area contributed by atoms with Crippen molar-refractivity contribution in [3.05, 3.63) is 29.8 Å². The summed E-state index contributed by atoms with van der Waals surface area (Å²) in [6.07, 6.45) is 3.88. The first kappa shape index (κ1) is 16.9. The quantitative estimate of drug-likeness (QED) is 0.848. The van der Waals surface area contributed by atoms with E-state index in [1.165, 1.54) is 11.8 Å². The van der Waals surface area contributed by atoms with E-state index < -0.39 is 0 Å². The summed E-state index contributed by atoms with van der Waals surface area (Å²) in [5, 5.41) is 17.8. The van der Waals surface area contributed by atoms with E-state index in [4.69, 9.17) is 5.26 Å². The van der Waals surface area contributed by atoms with Gasteiger partial charge in [-0.2, -0.15) is 5.26 Å². The number of carbonyl (C=O) groups is 1. The molecule has 22 heavy (non-hydrogen) atoms. The first-order chi connectivity index (χ1) is 10.7. The SMILES string of the molecule is CN(C(=O)c1cccc(SCC#N)c1)C1CCC(CO)CC1. The smallest absolute Gasteiger partial charge is 0.253 e. The number of benzene rings is 1. The molecule has 118 valence electrons. The van der Waals surface area contributed by atoms with Crippen LogP contribution in [0.2, 0.25) is 0 Å². The van der Waals surface area contributed by atoms with Crippen LogP contribution in [0.15, 0.2) is 29.2 Å². The molecular formula is C17H22N2O2S. The molecule has 1 aliphatic rings. The minimum Gasteiger partial charge on any atom is -0.396 e. The van der Waals surface area contributed by atoms with E-state index in [-0.39, 0.29) is 18.6 Å². The van der Waals surface area contributed by atoms with Crippen LogP contribution < -0.4 is 0 Å². The Morgan fingerprint density at radius 2 is 2.14 bits per heavy atom. The topological polar surface area (TPSA) is 64.3 Å². The standard InChI is InChI=1S/C17H22N2O2S/c1-19(15-7-5-13(12-20)6-8-15)17(21)14-3-2-4-16(11-14)22-10-9-18/h2-4,11,13,15,20H,5-8,10,12H2,1H3. The van der Waals surface area contributed by atoms with Crippen LogP contribution in [0, 0.1) is 17.2 Å². The third-order valence-electron chi connectivity index (χ3n) is 4.33. The van der Waals surface area contributed by atoms with Crippen LogP contribution in [0.3, 0.4) is 0 Å². The second-order valence-corrected chi connectivity index (χ2v) is 6.80. The lowest BCUT2D eigenvalue weighted by Gasteiger charge is -2.34. The Morgan fingerprint density at radius 3 is 2.77 bits per heavy atom. The number of hydrogen-bond donors (Lipinski definition) is 1. The molecule has 1 saturated carbocycles. The number of amides is 1. The van der Waals surface area contributed by atoms with E-state index in [1.807, 2.05) is 36.2 Å². The molecule has 0 radical (unpaired) electrons. The maximum Gasteiger partial charge on any atom is 0.253 e. The summed E-state index contributed by atoms with van der Waals surface area (Å²) in [5.74, 6) is 0.816. The van der Waals surface area contributed by atoms with Crippen molar-refractivity contribution in [3.63, 3.8) is 0 Å². The first-order valence-electron chi connectivity index (χ1n) is 7.63. The summed E-state index contributed by atoms with van der Waals surface area (Å²) >= 11 is 1.44. The molecule has 5 heteroatoms. The van der Waals surface area contributed by atoms with Gasteiger partial charge in [0.1, 0.15) is 0 Å². The van der Waals surface area contributed by atoms with Gasteiger partial charge < -0.3 is 10.0 Å². The normalized spacial score (nSPS) is 21.1. The van der Waals surface area contributed by atoms with E-state index >= 15 is 0 Å². The summed E-state index contributed by atoms with van der Waals surface area (Å²) in [4.78, 5) is 15.4. The molecule has 2 rings (SSSR count).